The second-order valence-electron chi connectivity index (χ2n) is 5.97. The third-order valence-corrected chi connectivity index (χ3v) is 5.35. The van der Waals surface area contributed by atoms with E-state index in [4.69, 9.17) is 29.2 Å². The lowest BCUT2D eigenvalue weighted by atomic mass is 10.1. The first-order chi connectivity index (χ1) is 10.1. The standard InChI is InChI=1S/C7H11NO2S.C7H11NOS2/c1-4(2)5-6(9)10-7(11)8(5)3;1-4(2)5-6(9)11-7(10)8(5)3/h2*4-5H,1-3H3. The maximum atomic E-state index is 11.3. The van der Waals surface area contributed by atoms with Crippen LogP contribution in [0.4, 0.5) is 0 Å². The number of hydrogen-bond donors (Lipinski definition) is 0. The molecule has 2 aliphatic heterocycles. The van der Waals surface area contributed by atoms with Gasteiger partial charge in [0.05, 0.1) is 0 Å². The minimum absolute atomic E-state index is 0.00694. The molecule has 0 aliphatic carbocycles. The van der Waals surface area contributed by atoms with Crippen LogP contribution in [0.15, 0.2) is 0 Å². The molecule has 0 N–H and O–H groups in total. The van der Waals surface area contributed by atoms with Gasteiger partial charge < -0.3 is 14.5 Å². The zero-order chi connectivity index (χ0) is 17.2. The van der Waals surface area contributed by atoms with Crippen LogP contribution >= 0.6 is 36.2 Å². The number of likely N-dealkylation sites (N-methyl/N-ethyl adjacent to an activating group) is 2. The normalized spacial score (nSPS) is 25.1. The van der Waals surface area contributed by atoms with E-state index in [2.05, 4.69) is 0 Å². The molecular weight excluding hydrogens is 340 g/mol. The number of carbonyl (C=O) groups is 2. The van der Waals surface area contributed by atoms with Gasteiger partial charge in [-0.15, -0.1) is 0 Å². The van der Waals surface area contributed by atoms with Crippen molar-refractivity contribution in [3.8, 4) is 0 Å². The Hall–Kier alpha value is -0.730. The fourth-order valence-electron chi connectivity index (χ4n) is 2.42. The minimum atomic E-state index is -0.229. The summed E-state index contributed by atoms with van der Waals surface area (Å²) in [6.07, 6.45) is 0. The summed E-state index contributed by atoms with van der Waals surface area (Å²) >= 11 is 11.0. The molecule has 0 aromatic rings. The molecule has 2 rings (SSSR count). The molecule has 0 bridgehead atoms. The lowest BCUT2D eigenvalue weighted by molar-refractivity contribution is -0.136. The van der Waals surface area contributed by atoms with Gasteiger partial charge in [-0.3, -0.25) is 4.79 Å². The van der Waals surface area contributed by atoms with Gasteiger partial charge in [-0.2, -0.15) is 0 Å². The maximum absolute atomic E-state index is 11.3. The number of cyclic esters (lactones) is 1. The first kappa shape index (κ1) is 19.3. The van der Waals surface area contributed by atoms with Crippen LogP contribution in [0.2, 0.25) is 0 Å². The van der Waals surface area contributed by atoms with Crippen molar-refractivity contribution < 1.29 is 14.3 Å². The first-order valence-electron chi connectivity index (χ1n) is 7.04. The Bertz CT molecular complexity index is 450. The molecule has 0 spiro atoms. The van der Waals surface area contributed by atoms with E-state index >= 15 is 0 Å². The van der Waals surface area contributed by atoms with Crippen LogP contribution in [0.3, 0.4) is 0 Å². The van der Waals surface area contributed by atoms with Gasteiger partial charge in [0.25, 0.3) is 5.17 Å². The highest BCUT2D eigenvalue weighted by atomic mass is 32.2. The summed E-state index contributed by atoms with van der Waals surface area (Å²) in [5.74, 6) is 0.362. The Morgan fingerprint density at radius 1 is 1.00 bits per heavy atom. The van der Waals surface area contributed by atoms with Crippen molar-refractivity contribution in [2.24, 2.45) is 11.8 Å². The van der Waals surface area contributed by atoms with Crippen molar-refractivity contribution in [2.75, 3.05) is 14.1 Å². The predicted molar refractivity (Wildman–Crippen MR) is 96.7 cm³/mol. The fraction of sp³-hybridized carbons (Fsp3) is 0.714. The van der Waals surface area contributed by atoms with Crippen LogP contribution in [0.1, 0.15) is 27.7 Å². The molecule has 0 radical (unpaired) electrons. The van der Waals surface area contributed by atoms with Crippen molar-refractivity contribution in [3.05, 3.63) is 0 Å². The largest absolute Gasteiger partial charge is 0.397 e. The van der Waals surface area contributed by atoms with Gasteiger partial charge in [-0.05, 0) is 35.8 Å². The van der Waals surface area contributed by atoms with Crippen LogP contribution in [0, 0.1) is 11.8 Å². The highest BCUT2D eigenvalue weighted by Crippen LogP contribution is 2.28. The molecule has 0 amide bonds. The molecule has 8 heteroatoms. The zero-order valence-electron chi connectivity index (χ0n) is 13.7. The smallest absolute Gasteiger partial charge is 0.336 e. The molecule has 0 saturated carbocycles. The fourth-order valence-corrected chi connectivity index (χ4v) is 3.96. The average molecular weight is 363 g/mol. The SMILES string of the molecule is CC(C)C1C(=O)OC(=S)N1C.CC(C)C1C(=O)SC(=S)N1C. The van der Waals surface area contributed by atoms with Crippen LogP contribution in [-0.2, 0) is 14.3 Å². The number of thioether (sulfide) groups is 1. The molecule has 2 saturated heterocycles. The number of ether oxygens (including phenoxy) is 1. The molecule has 0 aromatic carbocycles. The number of thiocarbonyl (C=S) groups is 2. The number of nitrogens with zero attached hydrogens (tertiary/aromatic N) is 2. The number of rotatable bonds is 2. The number of hydrogen-bond acceptors (Lipinski definition) is 6. The van der Waals surface area contributed by atoms with Crippen LogP contribution in [0.25, 0.3) is 0 Å². The van der Waals surface area contributed by atoms with E-state index < -0.39 is 0 Å². The Morgan fingerprint density at radius 2 is 1.50 bits per heavy atom. The van der Waals surface area contributed by atoms with E-state index in [0.717, 1.165) is 0 Å². The monoisotopic (exact) mass is 362 g/mol. The van der Waals surface area contributed by atoms with E-state index in [1.54, 1.807) is 11.9 Å². The van der Waals surface area contributed by atoms with Gasteiger partial charge in [0.2, 0.25) is 5.12 Å². The Labute approximate surface area is 146 Å². The highest BCUT2D eigenvalue weighted by Gasteiger charge is 2.38. The van der Waals surface area contributed by atoms with E-state index in [9.17, 15) is 9.59 Å². The van der Waals surface area contributed by atoms with E-state index in [1.807, 2.05) is 39.6 Å². The Kier molecular flexibility index (Phi) is 6.76. The number of carbonyl (C=O) groups excluding carboxylic acids is 2. The summed E-state index contributed by atoms with van der Waals surface area (Å²) in [4.78, 5) is 25.9. The summed E-state index contributed by atoms with van der Waals surface area (Å²) in [6, 6.07) is -0.199. The van der Waals surface area contributed by atoms with Gasteiger partial charge in [-0.25, -0.2) is 4.79 Å². The van der Waals surface area contributed by atoms with Gasteiger partial charge in [0.15, 0.2) is 0 Å². The van der Waals surface area contributed by atoms with Crippen LogP contribution < -0.4 is 0 Å². The zero-order valence-corrected chi connectivity index (χ0v) is 16.1. The van der Waals surface area contributed by atoms with Crippen molar-refractivity contribution in [1.29, 1.82) is 0 Å². The summed E-state index contributed by atoms with van der Waals surface area (Å²) < 4.78 is 5.47. The Morgan fingerprint density at radius 3 is 1.68 bits per heavy atom. The van der Waals surface area contributed by atoms with Gasteiger partial charge in [0.1, 0.15) is 16.4 Å². The van der Waals surface area contributed by atoms with E-state index in [1.165, 1.54) is 11.8 Å². The first-order valence-corrected chi connectivity index (χ1v) is 8.68. The molecule has 2 aliphatic rings. The second-order valence-corrected chi connectivity index (χ2v) is 7.96. The second kappa shape index (κ2) is 7.70. The lowest BCUT2D eigenvalue weighted by Gasteiger charge is -2.21. The molecule has 2 heterocycles. The quantitative estimate of drug-likeness (QED) is 0.548. The van der Waals surface area contributed by atoms with Gasteiger partial charge in [-0.1, -0.05) is 39.9 Å². The van der Waals surface area contributed by atoms with Gasteiger partial charge >= 0.3 is 5.97 Å². The molecule has 5 nitrogen and oxygen atoms in total. The van der Waals surface area contributed by atoms with E-state index in [0.29, 0.717) is 10.2 Å². The Balaban J connectivity index is 0.000000220. The van der Waals surface area contributed by atoms with Crippen LogP contribution in [-0.4, -0.2) is 56.6 Å². The molecule has 124 valence electrons. The van der Waals surface area contributed by atoms with Gasteiger partial charge in [0, 0.05) is 14.1 Å². The third kappa shape index (κ3) is 4.17. The molecule has 0 aromatic heterocycles. The average Bonchev–Trinajstić information content (AvgIpc) is 2.77. The number of esters is 1. The van der Waals surface area contributed by atoms with Crippen molar-refractivity contribution in [3.63, 3.8) is 0 Å². The molecule has 22 heavy (non-hydrogen) atoms. The molecular formula is C14H22N2O3S3. The maximum Gasteiger partial charge on any atom is 0.336 e. The highest BCUT2D eigenvalue weighted by molar-refractivity contribution is 8.33. The lowest BCUT2D eigenvalue weighted by Crippen LogP contribution is -2.35. The van der Waals surface area contributed by atoms with Crippen molar-refractivity contribution in [1.82, 2.24) is 9.80 Å². The van der Waals surface area contributed by atoms with Crippen molar-refractivity contribution >= 4 is 56.8 Å². The third-order valence-electron chi connectivity index (χ3n) is 3.53. The van der Waals surface area contributed by atoms with Crippen molar-refractivity contribution in [2.45, 2.75) is 39.8 Å². The van der Waals surface area contributed by atoms with Crippen LogP contribution in [0.5, 0.6) is 0 Å². The topological polar surface area (TPSA) is 49.9 Å². The molecule has 2 fully saturated rings. The summed E-state index contributed by atoms with van der Waals surface area (Å²) in [6.45, 7) is 8.01. The minimum Gasteiger partial charge on any atom is -0.397 e. The summed E-state index contributed by atoms with van der Waals surface area (Å²) in [7, 11) is 3.66. The molecule has 2 atom stereocenters. The summed E-state index contributed by atoms with van der Waals surface area (Å²) in [5, 5.41) is 0.473. The molecule has 2 unspecified atom stereocenters. The predicted octanol–water partition coefficient (Wildman–Crippen LogP) is 2.29. The van der Waals surface area contributed by atoms with E-state index in [-0.39, 0.29) is 34.3 Å². The summed E-state index contributed by atoms with van der Waals surface area (Å²) in [5.41, 5.74) is 0.